The Labute approximate surface area is 67.2 Å². The Morgan fingerprint density at radius 3 is 2.44 bits per heavy atom. The lowest BCUT2D eigenvalue weighted by atomic mass is 10.3. The summed E-state index contributed by atoms with van der Waals surface area (Å²) < 4.78 is -0.895. The van der Waals surface area contributed by atoms with Gasteiger partial charge in [-0.25, -0.2) is 5.48 Å². The molecule has 0 saturated carbocycles. The van der Waals surface area contributed by atoms with Gasteiger partial charge in [0.05, 0.1) is 7.11 Å². The lowest BCUT2D eigenvalue weighted by molar-refractivity contribution is -0.132. The highest BCUT2D eigenvalue weighted by atomic mass is 127. The number of nitrogens with two attached hydrogens (primary N) is 1. The van der Waals surface area contributed by atoms with Crippen molar-refractivity contribution in [2.45, 2.75) is 10.5 Å². The summed E-state index contributed by atoms with van der Waals surface area (Å²) in [6.45, 7) is 1.59. The molecule has 3 N–H and O–H groups in total. The second kappa shape index (κ2) is 3.33. The first kappa shape index (κ1) is 9.12. The topological polar surface area (TPSA) is 64.3 Å². The Bertz CT molecular complexity index is 110. The smallest absolute Gasteiger partial charge is 0.273 e. The van der Waals surface area contributed by atoms with Crippen LogP contribution in [0.1, 0.15) is 6.92 Å². The van der Waals surface area contributed by atoms with Crippen LogP contribution in [0.2, 0.25) is 0 Å². The van der Waals surface area contributed by atoms with Crippen LogP contribution in [0.3, 0.4) is 0 Å². The van der Waals surface area contributed by atoms with E-state index in [1.807, 2.05) is 22.6 Å². The van der Waals surface area contributed by atoms with Gasteiger partial charge in [-0.1, -0.05) is 22.6 Å². The summed E-state index contributed by atoms with van der Waals surface area (Å²) in [7, 11) is 1.36. The number of nitrogens with one attached hydrogen (secondary N) is 1. The fourth-order valence-electron chi connectivity index (χ4n) is 0.192. The molecule has 0 aliphatic rings. The van der Waals surface area contributed by atoms with Crippen LogP contribution in [-0.2, 0) is 9.63 Å². The van der Waals surface area contributed by atoms with Crippen molar-refractivity contribution in [3.05, 3.63) is 0 Å². The number of amides is 1. The van der Waals surface area contributed by atoms with Crippen molar-refractivity contribution in [1.29, 1.82) is 0 Å². The van der Waals surface area contributed by atoms with Gasteiger partial charge in [0, 0.05) is 0 Å². The fraction of sp³-hybridized carbons (Fsp3) is 0.750. The van der Waals surface area contributed by atoms with E-state index < -0.39 is 3.55 Å². The van der Waals surface area contributed by atoms with E-state index >= 15 is 0 Å². The van der Waals surface area contributed by atoms with Crippen molar-refractivity contribution in [2.75, 3.05) is 7.11 Å². The fourth-order valence-corrected chi connectivity index (χ4v) is 0.303. The molecule has 0 spiro atoms. The molecule has 1 amide bonds. The average Bonchev–Trinajstić information content (AvgIpc) is 1.64. The average molecular weight is 244 g/mol. The van der Waals surface area contributed by atoms with Gasteiger partial charge in [0.25, 0.3) is 5.91 Å². The van der Waals surface area contributed by atoms with Crippen LogP contribution >= 0.6 is 22.6 Å². The summed E-state index contributed by atoms with van der Waals surface area (Å²) in [6.07, 6.45) is 0. The van der Waals surface area contributed by atoms with Gasteiger partial charge < -0.3 is 5.73 Å². The van der Waals surface area contributed by atoms with Crippen LogP contribution < -0.4 is 11.2 Å². The molecule has 9 heavy (non-hydrogen) atoms. The van der Waals surface area contributed by atoms with E-state index in [4.69, 9.17) is 5.73 Å². The summed E-state index contributed by atoms with van der Waals surface area (Å²) >= 11 is 1.81. The molecule has 4 nitrogen and oxygen atoms in total. The predicted octanol–water partition coefficient (Wildman–Crippen LogP) is -0.226. The highest BCUT2D eigenvalue weighted by Crippen LogP contribution is 2.08. The Morgan fingerprint density at radius 1 is 1.89 bits per heavy atom. The van der Waals surface area contributed by atoms with Crippen molar-refractivity contribution in [2.24, 2.45) is 5.73 Å². The quantitative estimate of drug-likeness (QED) is 0.305. The highest BCUT2D eigenvalue weighted by Gasteiger charge is 2.23. The molecule has 0 radical (unpaired) electrons. The Balaban J connectivity index is 3.74. The van der Waals surface area contributed by atoms with E-state index in [0.717, 1.165) is 0 Å². The number of hydroxylamine groups is 1. The monoisotopic (exact) mass is 244 g/mol. The molecule has 0 aliphatic carbocycles. The molecule has 0 fully saturated rings. The van der Waals surface area contributed by atoms with Gasteiger partial charge in [-0.3, -0.25) is 9.63 Å². The van der Waals surface area contributed by atoms with Gasteiger partial charge in [-0.15, -0.1) is 0 Å². The number of carbonyl (C=O) groups is 1. The maximum absolute atomic E-state index is 10.7. The Kier molecular flexibility index (Phi) is 3.37. The summed E-state index contributed by atoms with van der Waals surface area (Å²) in [6, 6.07) is 0. The maximum atomic E-state index is 10.7. The van der Waals surface area contributed by atoms with E-state index in [2.05, 4.69) is 10.3 Å². The van der Waals surface area contributed by atoms with E-state index in [0.29, 0.717) is 0 Å². The van der Waals surface area contributed by atoms with Crippen molar-refractivity contribution in [3.8, 4) is 0 Å². The molecule has 1 atom stereocenters. The highest BCUT2D eigenvalue weighted by molar-refractivity contribution is 14.1. The molecule has 0 heterocycles. The van der Waals surface area contributed by atoms with Crippen LogP contribution in [0.4, 0.5) is 0 Å². The van der Waals surface area contributed by atoms with Gasteiger partial charge in [0.15, 0.2) is 0 Å². The lowest BCUT2D eigenvalue weighted by Gasteiger charge is -2.13. The number of hydrogen-bond donors (Lipinski definition) is 2. The minimum atomic E-state index is -0.895. The van der Waals surface area contributed by atoms with Gasteiger partial charge in [-0.05, 0) is 6.92 Å². The van der Waals surface area contributed by atoms with E-state index in [9.17, 15) is 4.79 Å². The minimum Gasteiger partial charge on any atom is -0.309 e. The third-order valence-corrected chi connectivity index (χ3v) is 1.13. The van der Waals surface area contributed by atoms with Crippen molar-refractivity contribution >= 4 is 28.5 Å². The van der Waals surface area contributed by atoms with E-state index in [1.165, 1.54) is 7.11 Å². The van der Waals surface area contributed by atoms with Gasteiger partial charge in [0.1, 0.15) is 3.55 Å². The zero-order valence-electron chi connectivity index (χ0n) is 5.27. The largest absolute Gasteiger partial charge is 0.309 e. The first-order valence-corrected chi connectivity index (χ1v) is 3.37. The summed E-state index contributed by atoms with van der Waals surface area (Å²) in [5.41, 5.74) is 7.47. The maximum Gasteiger partial charge on any atom is 0.273 e. The zero-order chi connectivity index (χ0) is 7.49. The Morgan fingerprint density at radius 2 is 2.33 bits per heavy atom. The van der Waals surface area contributed by atoms with E-state index in [1.54, 1.807) is 6.92 Å². The molecule has 54 valence electrons. The van der Waals surface area contributed by atoms with Gasteiger partial charge >= 0.3 is 0 Å². The number of halogens is 1. The lowest BCUT2D eigenvalue weighted by Crippen LogP contribution is -2.45. The molecular formula is C4H9IN2O2. The second-order valence-corrected chi connectivity index (χ2v) is 3.95. The van der Waals surface area contributed by atoms with Crippen LogP contribution in [0, 0.1) is 0 Å². The standard InChI is InChI=1S/C4H9IN2O2/c1-4(5,6)3(8)7-9-2/h6H2,1-2H3,(H,7,8)/t4-/m1/s1. The summed E-state index contributed by atoms with van der Waals surface area (Å²) in [5, 5.41) is 0. The third-order valence-electron chi connectivity index (χ3n) is 0.639. The van der Waals surface area contributed by atoms with Gasteiger partial charge in [-0.2, -0.15) is 0 Å². The first-order chi connectivity index (χ1) is 3.98. The molecular weight excluding hydrogens is 235 g/mol. The van der Waals surface area contributed by atoms with Crippen LogP contribution in [0.15, 0.2) is 0 Å². The molecule has 0 saturated heterocycles. The van der Waals surface area contributed by atoms with Crippen LogP contribution in [-0.4, -0.2) is 16.6 Å². The molecule has 0 aromatic rings. The first-order valence-electron chi connectivity index (χ1n) is 2.29. The zero-order valence-corrected chi connectivity index (χ0v) is 7.43. The molecule has 0 unspecified atom stereocenters. The molecule has 0 aromatic carbocycles. The molecule has 0 bridgehead atoms. The van der Waals surface area contributed by atoms with Crippen molar-refractivity contribution in [3.63, 3.8) is 0 Å². The van der Waals surface area contributed by atoms with Crippen molar-refractivity contribution < 1.29 is 9.63 Å². The third kappa shape index (κ3) is 3.66. The number of hydrogen-bond acceptors (Lipinski definition) is 3. The Hall–Kier alpha value is 0.120. The molecule has 5 heteroatoms. The minimum absolute atomic E-state index is 0.342. The normalized spacial score (nSPS) is 16.4. The predicted molar refractivity (Wildman–Crippen MR) is 41.8 cm³/mol. The van der Waals surface area contributed by atoms with E-state index in [-0.39, 0.29) is 5.91 Å². The molecule has 0 aliphatic heterocycles. The van der Waals surface area contributed by atoms with Crippen LogP contribution in [0.5, 0.6) is 0 Å². The summed E-state index contributed by atoms with van der Waals surface area (Å²) in [4.78, 5) is 15.0. The van der Waals surface area contributed by atoms with Crippen molar-refractivity contribution in [1.82, 2.24) is 5.48 Å². The number of rotatable bonds is 2. The second-order valence-electron chi connectivity index (χ2n) is 1.71. The number of carbonyl (C=O) groups excluding carboxylic acids is 1. The molecule has 0 rings (SSSR count). The van der Waals surface area contributed by atoms with Crippen LogP contribution in [0.25, 0.3) is 0 Å². The SMILES string of the molecule is CONC(=O)[C@@](C)(N)I. The number of alkyl halides is 1. The molecule has 0 aromatic heterocycles. The summed E-state index contributed by atoms with van der Waals surface area (Å²) in [5.74, 6) is -0.342. The van der Waals surface area contributed by atoms with Gasteiger partial charge in [0.2, 0.25) is 0 Å².